The molecule has 0 aliphatic carbocycles. The Morgan fingerprint density at radius 2 is 1.27 bits per heavy atom. The van der Waals surface area contributed by atoms with Gasteiger partial charge in [-0.2, -0.15) is 0 Å². The van der Waals surface area contributed by atoms with Crippen molar-refractivity contribution in [2.75, 3.05) is 16.0 Å². The topological polar surface area (TPSA) is 100 Å². The molecule has 30 heavy (non-hydrogen) atoms. The molecule has 0 atom stereocenters. The zero-order valence-corrected chi connectivity index (χ0v) is 17.7. The Balaban J connectivity index is 1.59. The van der Waals surface area contributed by atoms with Gasteiger partial charge in [0.1, 0.15) is 0 Å². The minimum atomic E-state index is -0.501. The van der Waals surface area contributed by atoms with E-state index in [9.17, 15) is 14.4 Å². The summed E-state index contributed by atoms with van der Waals surface area (Å²) in [5.41, 5.74) is 1.61. The first-order chi connectivity index (χ1) is 14.2. The van der Waals surface area contributed by atoms with Gasteiger partial charge in [0.25, 0.3) is 11.8 Å². The molecule has 1 aromatic heterocycles. The van der Waals surface area contributed by atoms with Crippen LogP contribution < -0.4 is 16.0 Å². The van der Waals surface area contributed by atoms with Gasteiger partial charge in [0.05, 0.1) is 0 Å². The van der Waals surface area contributed by atoms with Crippen LogP contribution in [-0.4, -0.2) is 22.7 Å². The van der Waals surface area contributed by atoms with Gasteiger partial charge in [0.15, 0.2) is 5.13 Å². The van der Waals surface area contributed by atoms with Gasteiger partial charge >= 0.3 is 0 Å². The van der Waals surface area contributed by atoms with Crippen molar-refractivity contribution in [1.82, 2.24) is 4.98 Å². The van der Waals surface area contributed by atoms with Gasteiger partial charge in [0, 0.05) is 39.5 Å². The third-order valence-electron chi connectivity index (χ3n) is 4.14. The fourth-order valence-electron chi connectivity index (χ4n) is 2.39. The molecule has 0 radical (unpaired) electrons. The van der Waals surface area contributed by atoms with Gasteiger partial charge in [-0.25, -0.2) is 4.98 Å². The largest absolute Gasteiger partial charge is 0.326 e. The molecular weight excluding hydrogens is 400 g/mol. The highest BCUT2D eigenvalue weighted by Gasteiger charge is 2.21. The SMILES string of the molecule is CC(C)(C)C(=O)Nc1ccc(C(=O)Nc2ccc(C(=O)Nc3nccs3)cc2)cc1. The Morgan fingerprint density at radius 3 is 1.73 bits per heavy atom. The molecule has 154 valence electrons. The standard InChI is InChI=1S/C22H22N4O3S/c1-22(2,3)20(29)25-17-10-6-14(7-11-17)18(27)24-16-8-4-15(5-9-16)19(28)26-21-23-12-13-30-21/h4-13H,1-3H3,(H,24,27)(H,25,29)(H,23,26,28). The minimum Gasteiger partial charge on any atom is -0.326 e. The van der Waals surface area contributed by atoms with Crippen LogP contribution in [0.5, 0.6) is 0 Å². The number of rotatable bonds is 5. The van der Waals surface area contributed by atoms with Gasteiger partial charge in [-0.15, -0.1) is 11.3 Å². The maximum Gasteiger partial charge on any atom is 0.257 e. The Kier molecular flexibility index (Phi) is 6.27. The average molecular weight is 423 g/mol. The Bertz CT molecular complexity index is 1040. The van der Waals surface area contributed by atoms with Crippen LogP contribution in [0.4, 0.5) is 16.5 Å². The van der Waals surface area contributed by atoms with Crippen molar-refractivity contribution in [3.8, 4) is 0 Å². The summed E-state index contributed by atoms with van der Waals surface area (Å²) in [6.45, 7) is 5.49. The Morgan fingerprint density at radius 1 is 0.767 bits per heavy atom. The van der Waals surface area contributed by atoms with Crippen molar-refractivity contribution < 1.29 is 14.4 Å². The summed E-state index contributed by atoms with van der Waals surface area (Å²) >= 11 is 1.34. The molecule has 3 rings (SSSR count). The molecule has 0 aliphatic rings. The van der Waals surface area contributed by atoms with Crippen LogP contribution >= 0.6 is 11.3 Å². The van der Waals surface area contributed by atoms with E-state index in [-0.39, 0.29) is 17.7 Å². The summed E-state index contributed by atoms with van der Waals surface area (Å²) in [4.78, 5) is 40.7. The van der Waals surface area contributed by atoms with E-state index >= 15 is 0 Å². The number of amides is 3. The predicted molar refractivity (Wildman–Crippen MR) is 119 cm³/mol. The third-order valence-corrected chi connectivity index (χ3v) is 4.83. The van der Waals surface area contributed by atoms with Crippen molar-refractivity contribution in [2.45, 2.75) is 20.8 Å². The number of thiazole rings is 1. The maximum absolute atomic E-state index is 12.5. The minimum absolute atomic E-state index is 0.0984. The summed E-state index contributed by atoms with van der Waals surface area (Å²) in [5, 5.41) is 10.6. The van der Waals surface area contributed by atoms with Crippen LogP contribution in [0.1, 0.15) is 41.5 Å². The molecule has 2 aromatic carbocycles. The molecule has 3 aromatic rings. The van der Waals surface area contributed by atoms with Crippen molar-refractivity contribution in [1.29, 1.82) is 0 Å². The van der Waals surface area contributed by atoms with Crippen LogP contribution in [0.3, 0.4) is 0 Å². The van der Waals surface area contributed by atoms with Gasteiger partial charge in [-0.1, -0.05) is 20.8 Å². The third kappa shape index (κ3) is 5.51. The number of benzene rings is 2. The lowest BCUT2D eigenvalue weighted by atomic mass is 9.95. The lowest BCUT2D eigenvalue weighted by molar-refractivity contribution is -0.123. The fraction of sp³-hybridized carbons (Fsp3) is 0.182. The zero-order valence-electron chi connectivity index (χ0n) is 16.9. The van der Waals surface area contributed by atoms with Gasteiger partial charge < -0.3 is 10.6 Å². The predicted octanol–water partition coefficient (Wildman–Crippen LogP) is 4.63. The highest BCUT2D eigenvalue weighted by Crippen LogP contribution is 2.19. The lowest BCUT2D eigenvalue weighted by Crippen LogP contribution is -2.27. The number of carbonyl (C=O) groups is 3. The lowest BCUT2D eigenvalue weighted by Gasteiger charge is -2.17. The zero-order chi connectivity index (χ0) is 21.7. The second kappa shape index (κ2) is 8.87. The highest BCUT2D eigenvalue weighted by molar-refractivity contribution is 7.13. The molecular formula is C22H22N4O3S. The van der Waals surface area contributed by atoms with E-state index in [2.05, 4.69) is 20.9 Å². The molecule has 8 heteroatoms. The number of hydrogen-bond acceptors (Lipinski definition) is 5. The molecule has 0 spiro atoms. The van der Waals surface area contributed by atoms with Gasteiger partial charge in [-0.3, -0.25) is 19.7 Å². The highest BCUT2D eigenvalue weighted by atomic mass is 32.1. The van der Waals surface area contributed by atoms with E-state index in [1.54, 1.807) is 60.1 Å². The number of anilines is 3. The molecule has 0 bridgehead atoms. The maximum atomic E-state index is 12.5. The smallest absolute Gasteiger partial charge is 0.257 e. The monoisotopic (exact) mass is 422 g/mol. The normalized spacial score (nSPS) is 10.9. The van der Waals surface area contributed by atoms with Crippen molar-refractivity contribution in [3.63, 3.8) is 0 Å². The quantitative estimate of drug-likeness (QED) is 0.558. The van der Waals surface area contributed by atoms with E-state index in [1.165, 1.54) is 11.3 Å². The first-order valence-electron chi connectivity index (χ1n) is 9.26. The summed E-state index contributed by atoms with van der Waals surface area (Å²) in [6, 6.07) is 13.2. The fourth-order valence-corrected chi connectivity index (χ4v) is 2.91. The first kappa shape index (κ1) is 21.2. The van der Waals surface area contributed by atoms with Crippen molar-refractivity contribution in [2.24, 2.45) is 5.41 Å². The van der Waals surface area contributed by atoms with Crippen LogP contribution in [0.25, 0.3) is 0 Å². The van der Waals surface area contributed by atoms with Crippen LogP contribution in [0, 0.1) is 5.41 Å². The number of hydrogen-bond donors (Lipinski definition) is 3. The molecule has 0 aliphatic heterocycles. The van der Waals surface area contributed by atoms with E-state index in [1.807, 2.05) is 20.8 Å². The summed E-state index contributed by atoms with van der Waals surface area (Å²) in [5.74, 6) is -0.655. The Hall–Kier alpha value is -3.52. The van der Waals surface area contributed by atoms with E-state index in [0.29, 0.717) is 27.6 Å². The molecule has 7 nitrogen and oxygen atoms in total. The summed E-state index contributed by atoms with van der Waals surface area (Å²) in [6.07, 6.45) is 1.62. The number of nitrogens with zero attached hydrogens (tertiary/aromatic N) is 1. The second-order valence-corrected chi connectivity index (χ2v) is 8.50. The van der Waals surface area contributed by atoms with Crippen LogP contribution in [-0.2, 0) is 4.79 Å². The molecule has 3 amide bonds. The number of nitrogens with one attached hydrogen (secondary N) is 3. The Labute approximate surface area is 178 Å². The van der Waals surface area contributed by atoms with Crippen LogP contribution in [0.15, 0.2) is 60.1 Å². The summed E-state index contributed by atoms with van der Waals surface area (Å²) < 4.78 is 0. The molecule has 1 heterocycles. The molecule has 0 fully saturated rings. The van der Waals surface area contributed by atoms with E-state index in [4.69, 9.17) is 0 Å². The van der Waals surface area contributed by atoms with Gasteiger partial charge in [0.2, 0.25) is 5.91 Å². The van der Waals surface area contributed by atoms with Crippen molar-refractivity contribution >= 4 is 45.6 Å². The second-order valence-electron chi connectivity index (χ2n) is 7.60. The molecule has 0 saturated carbocycles. The van der Waals surface area contributed by atoms with E-state index < -0.39 is 5.41 Å². The number of aromatic nitrogens is 1. The van der Waals surface area contributed by atoms with Crippen molar-refractivity contribution in [3.05, 3.63) is 71.2 Å². The number of carbonyl (C=O) groups excluding carboxylic acids is 3. The first-order valence-corrected chi connectivity index (χ1v) is 10.1. The molecule has 0 unspecified atom stereocenters. The average Bonchev–Trinajstić information content (AvgIpc) is 3.21. The molecule has 3 N–H and O–H groups in total. The molecule has 0 saturated heterocycles. The van der Waals surface area contributed by atoms with Crippen LogP contribution in [0.2, 0.25) is 0 Å². The van der Waals surface area contributed by atoms with E-state index in [0.717, 1.165) is 0 Å². The van der Waals surface area contributed by atoms with Gasteiger partial charge in [-0.05, 0) is 48.5 Å². The summed E-state index contributed by atoms with van der Waals surface area (Å²) in [7, 11) is 0.